The Labute approximate surface area is 107 Å². The molecule has 7 heteroatoms. The minimum absolute atomic E-state index is 0.160. The third kappa shape index (κ3) is 2.77. The molecule has 1 heterocycles. The summed E-state index contributed by atoms with van der Waals surface area (Å²) in [4.78, 5) is 6.75. The van der Waals surface area contributed by atoms with Gasteiger partial charge in [0.1, 0.15) is 6.10 Å². The topological polar surface area (TPSA) is 102 Å². The second-order valence-electron chi connectivity index (χ2n) is 3.83. The first kappa shape index (κ1) is 12.8. The molecule has 0 aliphatic heterocycles. The van der Waals surface area contributed by atoms with Crippen molar-refractivity contribution in [3.8, 4) is 0 Å². The van der Waals surface area contributed by atoms with Crippen LogP contribution < -0.4 is 0 Å². The number of aliphatic hydroxyl groups is 2. The average molecular weight is 264 g/mol. The van der Waals surface area contributed by atoms with E-state index < -0.39 is 12.2 Å². The Morgan fingerprint density at radius 3 is 3.06 bits per heavy atom. The maximum absolute atomic E-state index is 9.98. The predicted molar refractivity (Wildman–Crippen MR) is 69.2 cm³/mol. The Hall–Kier alpha value is -1.66. The van der Waals surface area contributed by atoms with Gasteiger partial charge >= 0.3 is 0 Å². The number of hydrogen-bond donors (Lipinski definition) is 2. The van der Waals surface area contributed by atoms with Crippen LogP contribution in [0.2, 0.25) is 0 Å². The Morgan fingerprint density at radius 2 is 2.28 bits per heavy atom. The van der Waals surface area contributed by atoms with E-state index in [0.717, 1.165) is 10.2 Å². The van der Waals surface area contributed by atoms with Crippen LogP contribution in [0.3, 0.4) is 0 Å². The molecule has 0 radical (unpaired) electrons. The van der Waals surface area contributed by atoms with E-state index in [1.165, 1.54) is 11.3 Å². The molecule has 2 unspecified atom stereocenters. The van der Waals surface area contributed by atoms with Crippen molar-refractivity contribution in [2.24, 2.45) is 5.11 Å². The van der Waals surface area contributed by atoms with Crippen LogP contribution in [-0.4, -0.2) is 27.8 Å². The fourth-order valence-electron chi connectivity index (χ4n) is 1.67. The molecule has 94 valence electrons. The Bertz CT molecular complexity index is 579. The lowest BCUT2D eigenvalue weighted by atomic mass is 10.0. The summed E-state index contributed by atoms with van der Waals surface area (Å²) in [6.45, 7) is 0.160. The van der Waals surface area contributed by atoms with Gasteiger partial charge in [-0.1, -0.05) is 11.2 Å². The molecule has 0 spiro atoms. The third-order valence-electron chi connectivity index (χ3n) is 2.65. The fraction of sp³-hybridized carbons (Fsp3) is 0.364. The summed E-state index contributed by atoms with van der Waals surface area (Å²) in [5, 5.41) is 23.1. The lowest BCUT2D eigenvalue weighted by molar-refractivity contribution is 0.0151. The standard InChI is InChI=1S/C11H12N4O2S/c12-15-14-4-3-9(16)11(17)7-1-2-10-8(5-7)13-6-18-10/h1-2,5-6,9,11,16-17H,3-4H2. The van der Waals surface area contributed by atoms with Crippen molar-refractivity contribution in [2.75, 3.05) is 6.54 Å². The highest BCUT2D eigenvalue weighted by molar-refractivity contribution is 7.16. The number of thiazole rings is 1. The molecular formula is C11H12N4O2S. The van der Waals surface area contributed by atoms with Gasteiger partial charge in [-0.05, 0) is 29.6 Å². The van der Waals surface area contributed by atoms with Gasteiger partial charge in [-0.25, -0.2) is 4.98 Å². The van der Waals surface area contributed by atoms with E-state index in [9.17, 15) is 10.2 Å². The minimum Gasteiger partial charge on any atom is -0.390 e. The molecule has 0 amide bonds. The first-order chi connectivity index (χ1) is 8.72. The molecule has 18 heavy (non-hydrogen) atoms. The Morgan fingerprint density at radius 1 is 1.44 bits per heavy atom. The van der Waals surface area contributed by atoms with Gasteiger partial charge in [0.25, 0.3) is 0 Å². The zero-order valence-corrected chi connectivity index (χ0v) is 10.3. The minimum atomic E-state index is -0.995. The number of azide groups is 1. The van der Waals surface area contributed by atoms with Crippen molar-refractivity contribution >= 4 is 21.6 Å². The van der Waals surface area contributed by atoms with Crippen molar-refractivity contribution < 1.29 is 10.2 Å². The summed E-state index contributed by atoms with van der Waals surface area (Å²) in [5.74, 6) is 0. The number of benzene rings is 1. The van der Waals surface area contributed by atoms with Gasteiger partial charge in [0.05, 0.1) is 21.8 Å². The maximum Gasteiger partial charge on any atom is 0.105 e. The largest absolute Gasteiger partial charge is 0.390 e. The Balaban J connectivity index is 2.11. The summed E-state index contributed by atoms with van der Waals surface area (Å²) in [5.41, 5.74) is 11.3. The summed E-state index contributed by atoms with van der Waals surface area (Å²) >= 11 is 1.52. The maximum atomic E-state index is 9.98. The molecule has 0 bridgehead atoms. The second-order valence-corrected chi connectivity index (χ2v) is 4.72. The van der Waals surface area contributed by atoms with E-state index in [-0.39, 0.29) is 13.0 Å². The third-order valence-corrected chi connectivity index (χ3v) is 3.46. The molecule has 2 atom stereocenters. The normalized spacial score (nSPS) is 14.1. The van der Waals surface area contributed by atoms with Gasteiger partial charge < -0.3 is 10.2 Å². The van der Waals surface area contributed by atoms with Crippen LogP contribution in [0.5, 0.6) is 0 Å². The number of rotatable bonds is 5. The quantitative estimate of drug-likeness (QED) is 0.492. The van der Waals surface area contributed by atoms with Gasteiger partial charge in [0, 0.05) is 11.5 Å². The van der Waals surface area contributed by atoms with Crippen LogP contribution in [0, 0.1) is 0 Å². The van der Waals surface area contributed by atoms with Gasteiger partial charge in [0.2, 0.25) is 0 Å². The zero-order chi connectivity index (χ0) is 13.0. The van der Waals surface area contributed by atoms with E-state index in [4.69, 9.17) is 5.53 Å². The number of aliphatic hydroxyl groups excluding tert-OH is 2. The van der Waals surface area contributed by atoms with Crippen molar-refractivity contribution in [3.05, 3.63) is 39.7 Å². The molecule has 2 rings (SSSR count). The highest BCUT2D eigenvalue weighted by atomic mass is 32.1. The summed E-state index contributed by atoms with van der Waals surface area (Å²) in [6, 6.07) is 5.39. The molecule has 0 saturated carbocycles. The lowest BCUT2D eigenvalue weighted by Crippen LogP contribution is -2.19. The van der Waals surface area contributed by atoms with Crippen LogP contribution in [0.1, 0.15) is 18.1 Å². The highest BCUT2D eigenvalue weighted by Crippen LogP contribution is 2.25. The summed E-state index contributed by atoms with van der Waals surface area (Å²) in [7, 11) is 0. The molecule has 1 aromatic heterocycles. The van der Waals surface area contributed by atoms with Crippen molar-refractivity contribution in [1.29, 1.82) is 0 Å². The van der Waals surface area contributed by atoms with Crippen LogP contribution >= 0.6 is 11.3 Å². The van der Waals surface area contributed by atoms with Gasteiger partial charge in [-0.2, -0.15) is 0 Å². The number of hydrogen-bond acceptors (Lipinski definition) is 5. The first-order valence-corrected chi connectivity index (χ1v) is 6.30. The van der Waals surface area contributed by atoms with Crippen molar-refractivity contribution in [1.82, 2.24) is 4.98 Å². The van der Waals surface area contributed by atoms with E-state index in [1.54, 1.807) is 17.6 Å². The number of nitrogens with zero attached hydrogens (tertiary/aromatic N) is 4. The molecule has 0 aliphatic carbocycles. The van der Waals surface area contributed by atoms with Gasteiger partial charge in [-0.15, -0.1) is 11.3 Å². The van der Waals surface area contributed by atoms with E-state index >= 15 is 0 Å². The number of fused-ring (bicyclic) bond motifs is 1. The molecule has 6 nitrogen and oxygen atoms in total. The van der Waals surface area contributed by atoms with E-state index in [0.29, 0.717) is 5.56 Å². The Kier molecular flexibility index (Phi) is 4.11. The smallest absolute Gasteiger partial charge is 0.105 e. The van der Waals surface area contributed by atoms with Gasteiger partial charge in [-0.3, -0.25) is 0 Å². The molecule has 0 saturated heterocycles. The van der Waals surface area contributed by atoms with Crippen LogP contribution in [-0.2, 0) is 0 Å². The monoisotopic (exact) mass is 264 g/mol. The van der Waals surface area contributed by atoms with Crippen molar-refractivity contribution in [3.63, 3.8) is 0 Å². The molecule has 0 aliphatic rings. The highest BCUT2D eigenvalue weighted by Gasteiger charge is 2.18. The molecule has 1 aromatic carbocycles. The van der Waals surface area contributed by atoms with E-state index in [2.05, 4.69) is 15.0 Å². The van der Waals surface area contributed by atoms with Crippen LogP contribution in [0.25, 0.3) is 20.7 Å². The van der Waals surface area contributed by atoms with Crippen molar-refractivity contribution in [2.45, 2.75) is 18.6 Å². The van der Waals surface area contributed by atoms with Gasteiger partial charge in [0.15, 0.2) is 0 Å². The molecule has 2 N–H and O–H groups in total. The SMILES string of the molecule is [N-]=[N+]=NCCC(O)C(O)c1ccc2scnc2c1. The zero-order valence-electron chi connectivity index (χ0n) is 9.47. The second kappa shape index (κ2) is 5.79. The number of aromatic nitrogens is 1. The molecular weight excluding hydrogens is 252 g/mol. The van der Waals surface area contributed by atoms with Crippen LogP contribution in [0.15, 0.2) is 28.8 Å². The predicted octanol–water partition coefficient (Wildman–Crippen LogP) is 2.39. The fourth-order valence-corrected chi connectivity index (χ4v) is 2.33. The summed E-state index contributed by atoms with van der Waals surface area (Å²) in [6.07, 6.45) is -1.73. The first-order valence-electron chi connectivity index (χ1n) is 5.42. The molecule has 0 fully saturated rings. The molecule has 2 aromatic rings. The summed E-state index contributed by atoms with van der Waals surface area (Å²) < 4.78 is 1.04. The average Bonchev–Trinajstić information content (AvgIpc) is 2.85. The lowest BCUT2D eigenvalue weighted by Gasteiger charge is -2.17. The van der Waals surface area contributed by atoms with E-state index in [1.807, 2.05) is 6.07 Å². The van der Waals surface area contributed by atoms with Crippen LogP contribution in [0.4, 0.5) is 0 Å².